The number of nitrogens with zero attached hydrogens (tertiary/aromatic N) is 1. The summed E-state index contributed by atoms with van der Waals surface area (Å²) in [7, 11) is 3.61. The van der Waals surface area contributed by atoms with Gasteiger partial charge < -0.3 is 0 Å². The number of Topliss-reactive ketones (excluding diaryl/α,β-unsaturated/α-hetero) is 1. The van der Waals surface area contributed by atoms with E-state index in [1.807, 2.05) is 0 Å². The molecule has 0 aliphatic rings. The highest BCUT2D eigenvalue weighted by molar-refractivity contribution is 5.85. The third-order valence-corrected chi connectivity index (χ3v) is 2.07. The summed E-state index contributed by atoms with van der Waals surface area (Å²) in [5.41, 5.74) is 0.697. The third kappa shape index (κ3) is 3.61. The molecule has 0 aliphatic carbocycles. The SMILES string of the molecule is CC(=O)C(c1cccc(F)c1)N(C)C.Cl. The van der Waals surface area contributed by atoms with Gasteiger partial charge in [0.2, 0.25) is 0 Å². The zero-order valence-corrected chi connectivity index (χ0v) is 9.84. The summed E-state index contributed by atoms with van der Waals surface area (Å²) >= 11 is 0. The lowest BCUT2D eigenvalue weighted by atomic mass is 10.0. The molecule has 0 amide bonds. The van der Waals surface area contributed by atoms with Gasteiger partial charge in [0.1, 0.15) is 5.82 Å². The lowest BCUT2D eigenvalue weighted by molar-refractivity contribution is -0.121. The van der Waals surface area contributed by atoms with E-state index in [9.17, 15) is 9.18 Å². The first-order valence-electron chi connectivity index (χ1n) is 4.44. The number of carbonyl (C=O) groups is 1. The molecule has 1 aromatic carbocycles. The number of hydrogen-bond donors (Lipinski definition) is 0. The van der Waals surface area contributed by atoms with Gasteiger partial charge in [0.25, 0.3) is 0 Å². The Labute approximate surface area is 95.5 Å². The molecule has 1 rings (SSSR count). The minimum absolute atomic E-state index is 0. The van der Waals surface area contributed by atoms with E-state index >= 15 is 0 Å². The highest BCUT2D eigenvalue weighted by Gasteiger charge is 2.18. The second-order valence-electron chi connectivity index (χ2n) is 3.53. The number of carbonyl (C=O) groups excluding carboxylic acids is 1. The van der Waals surface area contributed by atoms with Crippen LogP contribution in [0.5, 0.6) is 0 Å². The molecule has 1 aromatic rings. The number of halogens is 2. The van der Waals surface area contributed by atoms with Gasteiger partial charge in [-0.3, -0.25) is 9.69 Å². The summed E-state index contributed by atoms with van der Waals surface area (Å²) in [6.07, 6.45) is 0. The van der Waals surface area contributed by atoms with Gasteiger partial charge in [0.15, 0.2) is 5.78 Å². The molecule has 0 saturated heterocycles. The molecule has 0 bridgehead atoms. The Bertz CT molecular complexity index is 341. The van der Waals surface area contributed by atoms with Gasteiger partial charge in [-0.2, -0.15) is 0 Å². The molecule has 1 unspecified atom stereocenters. The van der Waals surface area contributed by atoms with Crippen LogP contribution in [0.4, 0.5) is 4.39 Å². The van der Waals surface area contributed by atoms with Crippen LogP contribution in [0.2, 0.25) is 0 Å². The molecule has 15 heavy (non-hydrogen) atoms. The largest absolute Gasteiger partial charge is 0.298 e. The molecule has 0 N–H and O–H groups in total. The number of hydrogen-bond acceptors (Lipinski definition) is 2. The summed E-state index contributed by atoms with van der Waals surface area (Å²) in [5, 5.41) is 0. The lowest BCUT2D eigenvalue weighted by Gasteiger charge is -2.21. The van der Waals surface area contributed by atoms with Crippen LogP contribution >= 0.6 is 12.4 Å². The van der Waals surface area contributed by atoms with Crippen LogP contribution in [0.1, 0.15) is 18.5 Å². The van der Waals surface area contributed by atoms with Crippen LogP contribution in [0.25, 0.3) is 0 Å². The molecule has 0 aromatic heterocycles. The summed E-state index contributed by atoms with van der Waals surface area (Å²) in [6.45, 7) is 1.51. The van der Waals surface area contributed by atoms with Crippen molar-refractivity contribution < 1.29 is 9.18 Å². The van der Waals surface area contributed by atoms with Crippen molar-refractivity contribution in [2.45, 2.75) is 13.0 Å². The van der Waals surface area contributed by atoms with Gasteiger partial charge in [-0.05, 0) is 38.7 Å². The van der Waals surface area contributed by atoms with Crippen molar-refractivity contribution in [1.29, 1.82) is 0 Å². The molecule has 0 heterocycles. The number of benzene rings is 1. The maximum absolute atomic E-state index is 12.9. The van der Waals surface area contributed by atoms with E-state index in [0.29, 0.717) is 5.56 Å². The molecule has 1 atom stereocenters. The van der Waals surface area contributed by atoms with E-state index in [0.717, 1.165) is 0 Å². The fourth-order valence-corrected chi connectivity index (χ4v) is 1.57. The third-order valence-electron chi connectivity index (χ3n) is 2.07. The predicted molar refractivity (Wildman–Crippen MR) is 60.8 cm³/mol. The molecule has 0 radical (unpaired) electrons. The van der Waals surface area contributed by atoms with Crippen molar-refractivity contribution in [1.82, 2.24) is 4.90 Å². The Morgan fingerprint density at radius 1 is 1.40 bits per heavy atom. The monoisotopic (exact) mass is 231 g/mol. The van der Waals surface area contributed by atoms with E-state index in [4.69, 9.17) is 0 Å². The summed E-state index contributed by atoms with van der Waals surface area (Å²) in [4.78, 5) is 13.1. The van der Waals surface area contributed by atoms with Crippen LogP contribution in [0.3, 0.4) is 0 Å². The fraction of sp³-hybridized carbons (Fsp3) is 0.364. The molecular formula is C11H15ClFNO. The Morgan fingerprint density at radius 3 is 2.40 bits per heavy atom. The van der Waals surface area contributed by atoms with Gasteiger partial charge in [-0.25, -0.2) is 4.39 Å². The van der Waals surface area contributed by atoms with E-state index in [-0.39, 0.29) is 30.0 Å². The first-order chi connectivity index (χ1) is 6.52. The molecule has 0 fully saturated rings. The van der Waals surface area contributed by atoms with E-state index in [1.54, 1.807) is 31.1 Å². The van der Waals surface area contributed by atoms with E-state index in [1.165, 1.54) is 19.1 Å². The number of rotatable bonds is 3. The maximum Gasteiger partial charge on any atom is 0.151 e. The smallest absolute Gasteiger partial charge is 0.151 e. The Kier molecular flexibility index (Phi) is 5.47. The molecule has 0 saturated carbocycles. The van der Waals surface area contributed by atoms with Gasteiger partial charge >= 0.3 is 0 Å². The number of likely N-dealkylation sites (N-methyl/N-ethyl adjacent to an activating group) is 1. The van der Waals surface area contributed by atoms with Crippen molar-refractivity contribution in [3.05, 3.63) is 35.6 Å². The summed E-state index contributed by atoms with van der Waals surface area (Å²) < 4.78 is 12.9. The molecular weight excluding hydrogens is 217 g/mol. The Morgan fingerprint density at radius 2 is 2.00 bits per heavy atom. The zero-order chi connectivity index (χ0) is 10.7. The van der Waals surface area contributed by atoms with Crippen LogP contribution < -0.4 is 0 Å². The maximum atomic E-state index is 12.9. The predicted octanol–water partition coefficient (Wildman–Crippen LogP) is 2.44. The van der Waals surface area contributed by atoms with E-state index < -0.39 is 0 Å². The molecule has 4 heteroatoms. The van der Waals surface area contributed by atoms with Crippen molar-refractivity contribution >= 4 is 18.2 Å². The topological polar surface area (TPSA) is 20.3 Å². The van der Waals surface area contributed by atoms with Gasteiger partial charge in [-0.15, -0.1) is 12.4 Å². The van der Waals surface area contributed by atoms with Gasteiger partial charge in [-0.1, -0.05) is 12.1 Å². The first-order valence-corrected chi connectivity index (χ1v) is 4.44. The van der Waals surface area contributed by atoms with Crippen molar-refractivity contribution in [3.8, 4) is 0 Å². The standard InChI is InChI=1S/C11H14FNO.ClH/c1-8(14)11(13(2)3)9-5-4-6-10(12)7-9;/h4-7,11H,1-3H3;1H. The Hall–Kier alpha value is -0.930. The van der Waals surface area contributed by atoms with Gasteiger partial charge in [0, 0.05) is 0 Å². The van der Waals surface area contributed by atoms with Gasteiger partial charge in [0.05, 0.1) is 6.04 Å². The normalized spacial score (nSPS) is 12.1. The second kappa shape index (κ2) is 5.83. The average Bonchev–Trinajstić information content (AvgIpc) is 2.02. The highest BCUT2D eigenvalue weighted by Crippen LogP contribution is 2.19. The fourth-order valence-electron chi connectivity index (χ4n) is 1.57. The van der Waals surface area contributed by atoms with E-state index in [2.05, 4.69) is 0 Å². The molecule has 84 valence electrons. The minimum atomic E-state index is -0.356. The van der Waals surface area contributed by atoms with Crippen LogP contribution in [-0.4, -0.2) is 24.8 Å². The van der Waals surface area contributed by atoms with Crippen LogP contribution in [0, 0.1) is 5.82 Å². The molecule has 2 nitrogen and oxygen atoms in total. The molecule has 0 spiro atoms. The Balaban J connectivity index is 0.00000196. The second-order valence-corrected chi connectivity index (χ2v) is 3.53. The van der Waals surface area contributed by atoms with Crippen molar-refractivity contribution in [2.24, 2.45) is 0 Å². The first kappa shape index (κ1) is 14.1. The van der Waals surface area contributed by atoms with Crippen molar-refractivity contribution in [2.75, 3.05) is 14.1 Å². The lowest BCUT2D eigenvalue weighted by Crippen LogP contribution is -2.25. The van der Waals surface area contributed by atoms with Crippen LogP contribution in [0.15, 0.2) is 24.3 Å². The quantitative estimate of drug-likeness (QED) is 0.797. The van der Waals surface area contributed by atoms with Crippen LogP contribution in [-0.2, 0) is 4.79 Å². The average molecular weight is 232 g/mol. The highest BCUT2D eigenvalue weighted by atomic mass is 35.5. The minimum Gasteiger partial charge on any atom is -0.298 e. The number of ketones is 1. The summed E-state index contributed by atoms with van der Waals surface area (Å²) in [6, 6.07) is 5.78. The zero-order valence-electron chi connectivity index (χ0n) is 9.03. The summed E-state index contributed by atoms with van der Waals surface area (Å²) in [5.74, 6) is -0.295. The van der Waals surface area contributed by atoms with Crippen molar-refractivity contribution in [3.63, 3.8) is 0 Å². The molecule has 0 aliphatic heterocycles.